The number of para-hydroxylation sites is 1. The second kappa shape index (κ2) is 7.34. The summed E-state index contributed by atoms with van der Waals surface area (Å²) < 4.78 is 50.4. The smallest absolute Gasteiger partial charge is 0.324 e. The molecule has 1 aromatic carbocycles. The Bertz CT molecular complexity index is 748. The first-order chi connectivity index (χ1) is 11.3. The second-order valence-electron chi connectivity index (χ2n) is 4.49. The number of nitrogens with one attached hydrogen (secondary N) is 2. The number of benzene rings is 1. The number of nitrogens with zero attached hydrogens (tertiary/aromatic N) is 2. The average molecular weight is 362 g/mol. The Morgan fingerprint density at radius 2 is 1.67 bits per heavy atom. The molecule has 128 valence electrons. The van der Waals surface area contributed by atoms with E-state index in [0.29, 0.717) is 0 Å². The van der Waals surface area contributed by atoms with Crippen LogP contribution in [0.3, 0.4) is 0 Å². The molecule has 0 saturated carbocycles. The highest BCUT2D eigenvalue weighted by Gasteiger charge is 2.35. The van der Waals surface area contributed by atoms with Crippen LogP contribution in [0.5, 0.6) is 0 Å². The van der Waals surface area contributed by atoms with E-state index in [1.165, 1.54) is 18.2 Å². The normalized spacial score (nSPS) is 11.2. The molecule has 0 fully saturated rings. The Morgan fingerprint density at radius 1 is 1.04 bits per heavy atom. The minimum atomic E-state index is -4.64. The molecule has 0 aliphatic heterocycles. The van der Waals surface area contributed by atoms with Crippen LogP contribution in [0, 0.1) is 5.82 Å². The topological polar surface area (TPSA) is 84.0 Å². The molecule has 0 unspecified atom stereocenters. The maximum Gasteiger partial charge on any atom is 0.445 e. The molecule has 24 heavy (non-hydrogen) atoms. The van der Waals surface area contributed by atoms with E-state index in [-0.39, 0.29) is 35.0 Å². The summed E-state index contributed by atoms with van der Waals surface area (Å²) in [5.74, 6) is -1.93. The first-order valence-corrected chi connectivity index (χ1v) is 7.32. The average Bonchev–Trinajstić information content (AvgIpc) is 2.96. The molecule has 0 saturated heterocycles. The predicted molar refractivity (Wildman–Crippen MR) is 77.8 cm³/mol. The quantitative estimate of drug-likeness (QED) is 0.801. The summed E-state index contributed by atoms with van der Waals surface area (Å²) in [5.41, 5.74) is -0.0261. The third kappa shape index (κ3) is 4.98. The zero-order valence-electron chi connectivity index (χ0n) is 11.9. The van der Waals surface area contributed by atoms with Gasteiger partial charge in [0, 0.05) is 12.8 Å². The van der Waals surface area contributed by atoms with Crippen LogP contribution in [-0.2, 0) is 15.8 Å². The number of aromatic nitrogens is 2. The minimum absolute atomic E-state index is 0.0261. The fraction of sp³-hybridized carbons (Fsp3) is 0.231. The van der Waals surface area contributed by atoms with Gasteiger partial charge in [-0.1, -0.05) is 23.5 Å². The summed E-state index contributed by atoms with van der Waals surface area (Å²) in [6.45, 7) is 0. The number of anilines is 2. The van der Waals surface area contributed by atoms with Gasteiger partial charge in [-0.05, 0) is 12.1 Å². The van der Waals surface area contributed by atoms with Crippen molar-refractivity contribution in [1.82, 2.24) is 10.2 Å². The molecule has 2 rings (SSSR count). The van der Waals surface area contributed by atoms with Gasteiger partial charge in [0.2, 0.25) is 22.0 Å². The number of halogens is 4. The number of hydrogen-bond donors (Lipinski definition) is 2. The summed E-state index contributed by atoms with van der Waals surface area (Å²) in [6.07, 6.45) is -5.22. The van der Waals surface area contributed by atoms with Crippen LogP contribution in [-0.4, -0.2) is 22.0 Å². The molecular weight excluding hydrogens is 352 g/mol. The Labute approximate surface area is 136 Å². The highest BCUT2D eigenvalue weighted by molar-refractivity contribution is 7.15. The molecule has 0 atom stereocenters. The van der Waals surface area contributed by atoms with Gasteiger partial charge >= 0.3 is 6.18 Å². The zero-order chi connectivity index (χ0) is 17.7. The molecule has 6 nitrogen and oxygen atoms in total. The highest BCUT2D eigenvalue weighted by Crippen LogP contribution is 2.32. The first-order valence-electron chi connectivity index (χ1n) is 6.50. The van der Waals surface area contributed by atoms with Gasteiger partial charge in [0.15, 0.2) is 0 Å². The van der Waals surface area contributed by atoms with Gasteiger partial charge in [0.25, 0.3) is 0 Å². The minimum Gasteiger partial charge on any atom is -0.324 e. The van der Waals surface area contributed by atoms with E-state index >= 15 is 0 Å². The molecule has 0 radical (unpaired) electrons. The number of alkyl halides is 3. The highest BCUT2D eigenvalue weighted by atomic mass is 32.1. The molecule has 2 aromatic rings. The molecule has 1 aromatic heterocycles. The van der Waals surface area contributed by atoms with E-state index in [4.69, 9.17) is 0 Å². The molecule has 2 amide bonds. The van der Waals surface area contributed by atoms with Crippen molar-refractivity contribution in [2.24, 2.45) is 0 Å². The molecular formula is C13H10F4N4O2S. The SMILES string of the molecule is O=C(CCC(=O)Nc1ccccc1F)Nc1nnc(C(F)(F)F)s1. The molecule has 1 heterocycles. The fourth-order valence-corrected chi connectivity index (χ4v) is 2.20. The van der Waals surface area contributed by atoms with Crippen molar-refractivity contribution in [3.8, 4) is 0 Å². The third-order valence-corrected chi connectivity index (χ3v) is 3.52. The first kappa shape index (κ1) is 17.8. The van der Waals surface area contributed by atoms with Crippen molar-refractivity contribution >= 4 is 34.0 Å². The van der Waals surface area contributed by atoms with Crippen molar-refractivity contribution in [1.29, 1.82) is 0 Å². The lowest BCUT2D eigenvalue weighted by atomic mass is 10.2. The molecule has 11 heteroatoms. The monoisotopic (exact) mass is 362 g/mol. The summed E-state index contributed by atoms with van der Waals surface area (Å²) in [6, 6.07) is 5.50. The van der Waals surface area contributed by atoms with E-state index in [1.54, 1.807) is 0 Å². The summed E-state index contributed by atoms with van der Waals surface area (Å²) in [7, 11) is 0. The Hall–Kier alpha value is -2.56. The van der Waals surface area contributed by atoms with E-state index < -0.39 is 28.8 Å². The van der Waals surface area contributed by atoms with Crippen molar-refractivity contribution in [3.63, 3.8) is 0 Å². The van der Waals surface area contributed by atoms with Crippen molar-refractivity contribution in [2.75, 3.05) is 10.6 Å². The number of amides is 2. The number of rotatable bonds is 5. The number of carbonyl (C=O) groups is 2. The Balaban J connectivity index is 1.82. The zero-order valence-corrected chi connectivity index (χ0v) is 12.7. The molecule has 0 bridgehead atoms. The third-order valence-electron chi connectivity index (χ3n) is 2.64. The van der Waals surface area contributed by atoms with Crippen molar-refractivity contribution < 1.29 is 27.2 Å². The number of hydrogen-bond acceptors (Lipinski definition) is 5. The summed E-state index contributed by atoms with van der Waals surface area (Å²) >= 11 is 0.178. The second-order valence-corrected chi connectivity index (χ2v) is 5.46. The van der Waals surface area contributed by atoms with Crippen molar-refractivity contribution in [3.05, 3.63) is 35.1 Å². The van der Waals surface area contributed by atoms with Crippen LogP contribution in [0.4, 0.5) is 28.4 Å². The van der Waals surface area contributed by atoms with E-state index in [0.717, 1.165) is 6.07 Å². The Kier molecular flexibility index (Phi) is 5.44. The van der Waals surface area contributed by atoms with E-state index in [1.807, 2.05) is 0 Å². The lowest BCUT2D eigenvalue weighted by Crippen LogP contribution is -2.17. The number of carbonyl (C=O) groups excluding carboxylic acids is 2. The standard InChI is InChI=1S/C13H10F4N4O2S/c14-7-3-1-2-4-8(7)18-9(22)5-6-10(23)19-12-21-20-11(24-12)13(15,16)17/h1-4H,5-6H2,(H,18,22)(H,19,21,23). The van der Waals surface area contributed by atoms with E-state index in [2.05, 4.69) is 20.8 Å². The van der Waals surface area contributed by atoms with Crippen LogP contribution in [0.1, 0.15) is 17.8 Å². The lowest BCUT2D eigenvalue weighted by molar-refractivity contribution is -0.138. The van der Waals surface area contributed by atoms with Crippen LogP contribution in [0.15, 0.2) is 24.3 Å². The van der Waals surface area contributed by atoms with Gasteiger partial charge in [0.1, 0.15) is 5.82 Å². The van der Waals surface area contributed by atoms with Crippen LogP contribution < -0.4 is 10.6 Å². The molecule has 0 aliphatic carbocycles. The van der Waals surface area contributed by atoms with Crippen LogP contribution in [0.25, 0.3) is 0 Å². The maximum atomic E-state index is 13.3. The molecule has 0 spiro atoms. The summed E-state index contributed by atoms with van der Waals surface area (Å²) in [4.78, 5) is 23.2. The van der Waals surface area contributed by atoms with Gasteiger partial charge in [-0.25, -0.2) is 4.39 Å². The Morgan fingerprint density at radius 3 is 2.25 bits per heavy atom. The maximum absolute atomic E-state index is 13.3. The van der Waals surface area contributed by atoms with Crippen LogP contribution >= 0.6 is 11.3 Å². The van der Waals surface area contributed by atoms with Gasteiger partial charge < -0.3 is 10.6 Å². The fourth-order valence-electron chi connectivity index (χ4n) is 1.57. The van der Waals surface area contributed by atoms with Gasteiger partial charge in [-0.15, -0.1) is 10.2 Å². The summed E-state index contributed by atoms with van der Waals surface area (Å²) in [5, 5.41) is 9.00. The molecule has 0 aliphatic rings. The largest absolute Gasteiger partial charge is 0.445 e. The van der Waals surface area contributed by atoms with Gasteiger partial charge in [0.05, 0.1) is 5.69 Å². The lowest BCUT2D eigenvalue weighted by Gasteiger charge is -2.05. The molecule has 2 N–H and O–H groups in total. The van der Waals surface area contributed by atoms with E-state index in [9.17, 15) is 27.2 Å². The van der Waals surface area contributed by atoms with Gasteiger partial charge in [-0.2, -0.15) is 13.2 Å². The van der Waals surface area contributed by atoms with Crippen molar-refractivity contribution in [2.45, 2.75) is 19.0 Å². The predicted octanol–water partition coefficient (Wildman–Crippen LogP) is 3.05. The van der Waals surface area contributed by atoms with Gasteiger partial charge in [-0.3, -0.25) is 9.59 Å². The van der Waals surface area contributed by atoms with Crippen LogP contribution in [0.2, 0.25) is 0 Å².